The summed E-state index contributed by atoms with van der Waals surface area (Å²) in [6.07, 6.45) is 2.45. The van der Waals surface area contributed by atoms with Gasteiger partial charge in [0.25, 0.3) is 11.7 Å². The number of hydrogen-bond acceptors (Lipinski definition) is 7. The van der Waals surface area contributed by atoms with Gasteiger partial charge in [-0.25, -0.2) is 0 Å². The number of hydrogen-bond donors (Lipinski definition) is 1. The molecular formula is C33H35NO7. The quantitative estimate of drug-likeness (QED) is 0.140. The van der Waals surface area contributed by atoms with Crippen molar-refractivity contribution in [2.75, 3.05) is 33.0 Å². The van der Waals surface area contributed by atoms with Gasteiger partial charge in [0.2, 0.25) is 0 Å². The van der Waals surface area contributed by atoms with Crippen LogP contribution in [0.1, 0.15) is 49.4 Å². The third kappa shape index (κ3) is 6.01. The highest BCUT2D eigenvalue weighted by atomic mass is 16.6. The van der Waals surface area contributed by atoms with Crippen LogP contribution in [-0.4, -0.2) is 54.7 Å². The van der Waals surface area contributed by atoms with Crippen LogP contribution in [0.25, 0.3) is 5.76 Å². The second kappa shape index (κ2) is 12.8. The predicted octanol–water partition coefficient (Wildman–Crippen LogP) is 5.70. The van der Waals surface area contributed by atoms with E-state index >= 15 is 0 Å². The number of likely N-dealkylation sites (tertiary alicyclic amines) is 1. The number of aliphatic hydroxyl groups is 1. The van der Waals surface area contributed by atoms with Crippen LogP contribution >= 0.6 is 0 Å². The number of fused-ring (bicyclic) bond motifs is 1. The molecule has 2 heterocycles. The van der Waals surface area contributed by atoms with Crippen LogP contribution in [0.2, 0.25) is 0 Å². The van der Waals surface area contributed by atoms with E-state index in [0.717, 1.165) is 18.4 Å². The van der Waals surface area contributed by atoms with Gasteiger partial charge in [0.05, 0.1) is 24.8 Å². The van der Waals surface area contributed by atoms with Gasteiger partial charge in [-0.1, -0.05) is 49.7 Å². The maximum absolute atomic E-state index is 13.5. The number of ketones is 1. The zero-order valence-electron chi connectivity index (χ0n) is 23.4. The van der Waals surface area contributed by atoms with Crippen molar-refractivity contribution < 1.29 is 33.6 Å². The smallest absolute Gasteiger partial charge is 0.295 e. The van der Waals surface area contributed by atoms with E-state index in [0.29, 0.717) is 67.0 Å². The molecule has 5 rings (SSSR count). The Bertz CT molecular complexity index is 1430. The van der Waals surface area contributed by atoms with Gasteiger partial charge in [0.1, 0.15) is 19.0 Å². The highest BCUT2D eigenvalue weighted by Crippen LogP contribution is 2.43. The number of benzene rings is 3. The Kier molecular flexibility index (Phi) is 8.77. The minimum atomic E-state index is -0.823. The van der Waals surface area contributed by atoms with Crippen LogP contribution in [0.3, 0.4) is 0 Å². The number of unbranched alkanes of at least 4 members (excludes halogenated alkanes) is 1. The molecule has 0 spiro atoms. The van der Waals surface area contributed by atoms with E-state index in [1.54, 1.807) is 30.3 Å². The Morgan fingerprint density at radius 2 is 1.71 bits per heavy atom. The van der Waals surface area contributed by atoms with E-state index in [4.69, 9.17) is 18.9 Å². The Hall–Kier alpha value is -4.46. The molecule has 3 aromatic rings. The van der Waals surface area contributed by atoms with E-state index in [1.807, 2.05) is 43.3 Å². The second-order valence-electron chi connectivity index (χ2n) is 9.93. The molecule has 3 aromatic carbocycles. The van der Waals surface area contributed by atoms with Gasteiger partial charge >= 0.3 is 0 Å². The molecule has 0 bridgehead atoms. The normalized spacial score (nSPS) is 17.5. The first-order chi connectivity index (χ1) is 20.0. The van der Waals surface area contributed by atoms with E-state index < -0.39 is 17.7 Å². The molecule has 0 radical (unpaired) electrons. The lowest BCUT2D eigenvalue weighted by Crippen LogP contribution is -2.31. The van der Waals surface area contributed by atoms with E-state index in [2.05, 4.69) is 6.92 Å². The summed E-state index contributed by atoms with van der Waals surface area (Å²) < 4.78 is 23.2. The van der Waals surface area contributed by atoms with Gasteiger partial charge in [-0.15, -0.1) is 0 Å². The maximum Gasteiger partial charge on any atom is 0.295 e. The van der Waals surface area contributed by atoms with Crippen molar-refractivity contribution in [2.45, 2.75) is 39.2 Å². The predicted molar refractivity (Wildman–Crippen MR) is 155 cm³/mol. The number of nitrogens with zero attached hydrogens (tertiary/aromatic N) is 1. The summed E-state index contributed by atoms with van der Waals surface area (Å²) in [6.45, 7) is 6.05. The monoisotopic (exact) mass is 557 g/mol. The molecule has 1 amide bonds. The van der Waals surface area contributed by atoms with Gasteiger partial charge in [-0.05, 0) is 61.2 Å². The van der Waals surface area contributed by atoms with Crippen LogP contribution in [0.4, 0.5) is 0 Å². The van der Waals surface area contributed by atoms with Crippen molar-refractivity contribution in [1.82, 2.24) is 4.90 Å². The van der Waals surface area contributed by atoms with Gasteiger partial charge in [-0.3, -0.25) is 9.59 Å². The molecule has 2 aliphatic rings. The molecule has 214 valence electrons. The first kappa shape index (κ1) is 28.1. The Labute approximate surface area is 240 Å². The van der Waals surface area contributed by atoms with E-state index in [-0.39, 0.29) is 17.9 Å². The van der Waals surface area contributed by atoms with Crippen molar-refractivity contribution in [3.05, 3.63) is 89.0 Å². The summed E-state index contributed by atoms with van der Waals surface area (Å²) in [6, 6.07) is 19.4. The maximum atomic E-state index is 13.5. The molecule has 1 saturated heterocycles. The molecular weight excluding hydrogens is 522 g/mol. The Balaban J connectivity index is 1.58. The van der Waals surface area contributed by atoms with E-state index in [1.165, 1.54) is 4.90 Å². The third-order valence-electron chi connectivity index (χ3n) is 7.18. The molecule has 0 aliphatic carbocycles. The van der Waals surface area contributed by atoms with Crippen molar-refractivity contribution in [2.24, 2.45) is 0 Å². The molecule has 2 aliphatic heterocycles. The van der Waals surface area contributed by atoms with Crippen molar-refractivity contribution in [3.63, 3.8) is 0 Å². The number of amides is 1. The first-order valence-electron chi connectivity index (χ1n) is 14.1. The number of carbonyl (C=O) groups excluding carboxylic acids is 2. The number of ether oxygens (including phenoxy) is 4. The van der Waals surface area contributed by atoms with Crippen molar-refractivity contribution in [1.29, 1.82) is 0 Å². The summed E-state index contributed by atoms with van der Waals surface area (Å²) in [5.41, 5.74) is 2.06. The van der Waals surface area contributed by atoms with Crippen LogP contribution < -0.4 is 18.9 Å². The number of carbonyl (C=O) groups is 2. The van der Waals surface area contributed by atoms with Crippen molar-refractivity contribution in [3.8, 4) is 23.0 Å². The summed E-state index contributed by atoms with van der Waals surface area (Å²) in [5, 5.41) is 11.5. The summed E-state index contributed by atoms with van der Waals surface area (Å²) in [7, 11) is 0. The lowest BCUT2D eigenvalue weighted by atomic mass is 9.94. The topological polar surface area (TPSA) is 94.5 Å². The second-order valence-corrected chi connectivity index (χ2v) is 9.93. The minimum Gasteiger partial charge on any atom is -0.507 e. The molecule has 1 atom stereocenters. The summed E-state index contributed by atoms with van der Waals surface area (Å²) in [5.74, 6) is 0.484. The highest BCUT2D eigenvalue weighted by Gasteiger charge is 2.46. The zero-order valence-corrected chi connectivity index (χ0v) is 23.4. The van der Waals surface area contributed by atoms with Crippen LogP contribution in [0, 0.1) is 0 Å². The Morgan fingerprint density at radius 3 is 2.46 bits per heavy atom. The summed E-state index contributed by atoms with van der Waals surface area (Å²) in [4.78, 5) is 28.5. The SMILES string of the molecule is CCCCOc1ccc(C2C(=C(O)c3ccc4c(c3)OCCO4)C(=O)C(=O)N2CCc2ccccc2)cc1OCC. The number of Topliss-reactive ketones (excluding diaryl/α,β-unsaturated/α-hetero) is 1. The molecule has 0 aromatic heterocycles. The molecule has 1 unspecified atom stereocenters. The lowest BCUT2D eigenvalue weighted by molar-refractivity contribution is -0.139. The summed E-state index contributed by atoms with van der Waals surface area (Å²) >= 11 is 0. The number of aliphatic hydroxyl groups excluding tert-OH is 1. The molecule has 0 saturated carbocycles. The molecule has 1 N–H and O–H groups in total. The largest absolute Gasteiger partial charge is 0.507 e. The zero-order chi connectivity index (χ0) is 28.8. The van der Waals surface area contributed by atoms with Gasteiger partial charge in [-0.2, -0.15) is 0 Å². The fourth-order valence-corrected chi connectivity index (χ4v) is 5.11. The van der Waals surface area contributed by atoms with E-state index in [9.17, 15) is 14.7 Å². The van der Waals surface area contributed by atoms with Gasteiger partial charge in [0, 0.05) is 12.1 Å². The van der Waals surface area contributed by atoms with Crippen LogP contribution in [-0.2, 0) is 16.0 Å². The number of rotatable bonds is 11. The fraction of sp³-hybridized carbons (Fsp3) is 0.333. The molecule has 8 heteroatoms. The minimum absolute atomic E-state index is 0.0156. The standard InChI is InChI=1S/C33H35NO7/c1-3-5-17-39-25-13-11-23(20-27(25)38-4-2)30-29(31(35)24-12-14-26-28(21-24)41-19-18-40-26)32(36)33(37)34(30)16-15-22-9-7-6-8-10-22/h6-14,20-21,30,35H,3-5,15-19H2,1-2H3. The average Bonchev–Trinajstić information content (AvgIpc) is 3.26. The average molecular weight is 558 g/mol. The fourth-order valence-electron chi connectivity index (χ4n) is 5.11. The molecule has 1 fully saturated rings. The molecule has 8 nitrogen and oxygen atoms in total. The van der Waals surface area contributed by atoms with Gasteiger partial charge < -0.3 is 29.0 Å². The van der Waals surface area contributed by atoms with Crippen molar-refractivity contribution >= 4 is 17.4 Å². The van der Waals surface area contributed by atoms with Crippen LogP contribution in [0.15, 0.2) is 72.3 Å². The molecule has 41 heavy (non-hydrogen) atoms. The third-order valence-corrected chi connectivity index (χ3v) is 7.18. The van der Waals surface area contributed by atoms with Crippen LogP contribution in [0.5, 0.6) is 23.0 Å². The van der Waals surface area contributed by atoms with Gasteiger partial charge in [0.15, 0.2) is 23.0 Å². The lowest BCUT2D eigenvalue weighted by Gasteiger charge is -2.26. The Morgan fingerprint density at radius 1 is 0.927 bits per heavy atom. The highest BCUT2D eigenvalue weighted by molar-refractivity contribution is 6.46. The first-order valence-corrected chi connectivity index (χ1v) is 14.1.